The van der Waals surface area contributed by atoms with E-state index < -0.39 is 11.5 Å². The first-order valence-corrected chi connectivity index (χ1v) is 5.64. The molecular weight excluding hydrogens is 307 g/mol. The number of hydrogen-bond acceptors (Lipinski definition) is 4. The number of carbonyl (C=O) groups is 1. The molecular formula is C11H16BrClN2O2. The zero-order chi connectivity index (χ0) is 12.3. The number of nitrogens with zero attached hydrogens (tertiary/aromatic N) is 1. The van der Waals surface area contributed by atoms with E-state index in [9.17, 15) is 4.79 Å². The van der Waals surface area contributed by atoms with Crippen LogP contribution in [0.15, 0.2) is 22.9 Å². The third kappa shape index (κ3) is 3.66. The summed E-state index contributed by atoms with van der Waals surface area (Å²) in [6.07, 6.45) is 1.65. The summed E-state index contributed by atoms with van der Waals surface area (Å²) in [5.41, 5.74) is 6.15. The quantitative estimate of drug-likeness (QED) is 0.685. The molecule has 0 amide bonds. The summed E-state index contributed by atoms with van der Waals surface area (Å²) in [5.74, 6) is -0.326. The van der Waals surface area contributed by atoms with Gasteiger partial charge in [-0.15, -0.1) is 12.4 Å². The van der Waals surface area contributed by atoms with E-state index in [-0.39, 0.29) is 18.4 Å². The van der Waals surface area contributed by atoms with Gasteiger partial charge in [0, 0.05) is 12.2 Å². The minimum Gasteiger partial charge on any atom is -0.469 e. The Bertz CT molecular complexity index is 399. The molecule has 1 atom stereocenters. The molecule has 0 fully saturated rings. The summed E-state index contributed by atoms with van der Waals surface area (Å²) in [4.78, 5) is 15.6. The van der Waals surface area contributed by atoms with E-state index in [1.807, 2.05) is 0 Å². The van der Waals surface area contributed by atoms with E-state index in [1.165, 1.54) is 7.11 Å². The van der Waals surface area contributed by atoms with Crippen molar-refractivity contribution in [3.8, 4) is 0 Å². The highest BCUT2D eigenvalue weighted by Gasteiger charge is 2.36. The van der Waals surface area contributed by atoms with E-state index in [0.717, 1.165) is 5.56 Å². The SMILES string of the molecule is COC(=O)C(C)(C)[C@H](N)c1ccnc(Br)c1.Cl. The first kappa shape index (κ1) is 16.4. The third-order valence-corrected chi connectivity index (χ3v) is 3.03. The molecule has 0 aliphatic carbocycles. The summed E-state index contributed by atoms with van der Waals surface area (Å²) < 4.78 is 5.44. The molecule has 2 N–H and O–H groups in total. The number of nitrogens with two attached hydrogens (primary N) is 1. The van der Waals surface area contributed by atoms with Crippen molar-refractivity contribution in [2.75, 3.05) is 7.11 Å². The van der Waals surface area contributed by atoms with Gasteiger partial charge in [-0.2, -0.15) is 0 Å². The molecule has 0 bridgehead atoms. The summed E-state index contributed by atoms with van der Waals surface area (Å²) in [7, 11) is 1.36. The standard InChI is InChI=1S/C11H15BrN2O2.ClH/c1-11(2,10(15)16-3)9(13)7-4-5-14-8(12)6-7;/h4-6,9H,13H2,1-3H3;1H/t9-;/m1./s1. The molecule has 0 aliphatic heterocycles. The third-order valence-electron chi connectivity index (χ3n) is 2.60. The fraction of sp³-hybridized carbons (Fsp3) is 0.455. The van der Waals surface area contributed by atoms with Crippen LogP contribution in [-0.4, -0.2) is 18.1 Å². The number of methoxy groups -OCH3 is 1. The Hall–Kier alpha value is -0.650. The number of carbonyl (C=O) groups excluding carboxylic acids is 1. The van der Waals surface area contributed by atoms with Crippen molar-refractivity contribution in [2.45, 2.75) is 19.9 Å². The van der Waals surface area contributed by atoms with Crippen LogP contribution >= 0.6 is 28.3 Å². The Morgan fingerprint density at radius 1 is 1.59 bits per heavy atom. The van der Waals surface area contributed by atoms with Gasteiger partial charge in [0.2, 0.25) is 0 Å². The zero-order valence-corrected chi connectivity index (χ0v) is 12.3. The van der Waals surface area contributed by atoms with Crippen molar-refractivity contribution in [3.05, 3.63) is 28.5 Å². The molecule has 0 radical (unpaired) electrons. The van der Waals surface area contributed by atoms with Crippen LogP contribution in [0.1, 0.15) is 25.5 Å². The summed E-state index contributed by atoms with van der Waals surface area (Å²) in [5, 5.41) is 0. The second kappa shape index (κ2) is 6.33. The highest BCUT2D eigenvalue weighted by molar-refractivity contribution is 9.10. The number of ether oxygens (including phenoxy) is 1. The largest absolute Gasteiger partial charge is 0.469 e. The normalized spacial score (nSPS) is 12.5. The van der Waals surface area contributed by atoms with E-state index in [0.29, 0.717) is 4.60 Å². The van der Waals surface area contributed by atoms with Crippen molar-refractivity contribution >= 4 is 34.3 Å². The molecule has 6 heteroatoms. The fourth-order valence-electron chi connectivity index (χ4n) is 1.42. The van der Waals surface area contributed by atoms with E-state index in [4.69, 9.17) is 10.5 Å². The molecule has 96 valence electrons. The molecule has 1 rings (SSSR count). The van der Waals surface area contributed by atoms with Crippen LogP contribution < -0.4 is 5.73 Å². The van der Waals surface area contributed by atoms with Crippen LogP contribution in [0.5, 0.6) is 0 Å². The van der Waals surface area contributed by atoms with E-state index in [1.54, 1.807) is 32.2 Å². The molecule has 4 nitrogen and oxygen atoms in total. The van der Waals surface area contributed by atoms with Crippen LogP contribution in [-0.2, 0) is 9.53 Å². The van der Waals surface area contributed by atoms with Crippen molar-refractivity contribution in [1.82, 2.24) is 4.98 Å². The lowest BCUT2D eigenvalue weighted by atomic mass is 9.81. The Balaban J connectivity index is 0.00000256. The fourth-order valence-corrected chi connectivity index (χ4v) is 1.80. The number of rotatable bonds is 3. The van der Waals surface area contributed by atoms with Gasteiger partial charge in [-0.1, -0.05) is 0 Å². The number of halogens is 2. The molecule has 0 aromatic carbocycles. The lowest BCUT2D eigenvalue weighted by Crippen LogP contribution is -2.37. The number of aromatic nitrogens is 1. The lowest BCUT2D eigenvalue weighted by molar-refractivity contribution is -0.152. The summed E-state index contributed by atoms with van der Waals surface area (Å²) in [6.45, 7) is 3.52. The minimum atomic E-state index is -0.768. The Kier molecular flexibility index (Phi) is 6.09. The molecule has 1 aromatic heterocycles. The summed E-state index contributed by atoms with van der Waals surface area (Å²) in [6, 6.07) is 3.16. The van der Waals surface area contributed by atoms with Crippen LogP contribution in [0.25, 0.3) is 0 Å². The first-order valence-electron chi connectivity index (χ1n) is 4.85. The van der Waals surface area contributed by atoms with Crippen molar-refractivity contribution in [1.29, 1.82) is 0 Å². The zero-order valence-electron chi connectivity index (χ0n) is 9.94. The van der Waals surface area contributed by atoms with Gasteiger partial charge >= 0.3 is 5.97 Å². The van der Waals surface area contributed by atoms with E-state index >= 15 is 0 Å². The maximum absolute atomic E-state index is 11.6. The Labute approximate surface area is 115 Å². The second-order valence-electron chi connectivity index (χ2n) is 4.10. The molecule has 0 unspecified atom stereocenters. The van der Waals surface area contributed by atoms with Crippen LogP contribution in [0, 0.1) is 5.41 Å². The maximum atomic E-state index is 11.6. The molecule has 1 heterocycles. The van der Waals surface area contributed by atoms with E-state index in [2.05, 4.69) is 20.9 Å². The molecule has 17 heavy (non-hydrogen) atoms. The maximum Gasteiger partial charge on any atom is 0.313 e. The van der Waals surface area contributed by atoms with Gasteiger partial charge < -0.3 is 10.5 Å². The van der Waals surface area contributed by atoms with Gasteiger partial charge in [-0.25, -0.2) is 4.98 Å². The predicted octanol–water partition coefficient (Wildman–Crippen LogP) is 2.46. The average Bonchev–Trinajstić information content (AvgIpc) is 2.26. The van der Waals surface area contributed by atoms with Crippen LogP contribution in [0.3, 0.4) is 0 Å². The molecule has 0 spiro atoms. The highest BCUT2D eigenvalue weighted by atomic mass is 79.9. The first-order chi connectivity index (χ1) is 7.39. The van der Waals surface area contributed by atoms with Gasteiger partial charge in [-0.05, 0) is 47.5 Å². The second-order valence-corrected chi connectivity index (χ2v) is 4.92. The smallest absolute Gasteiger partial charge is 0.313 e. The van der Waals surface area contributed by atoms with Crippen molar-refractivity contribution < 1.29 is 9.53 Å². The monoisotopic (exact) mass is 322 g/mol. The van der Waals surface area contributed by atoms with Crippen molar-refractivity contribution in [2.24, 2.45) is 11.1 Å². The number of hydrogen-bond donors (Lipinski definition) is 1. The molecule has 1 aromatic rings. The van der Waals surface area contributed by atoms with Crippen LogP contribution in [0.4, 0.5) is 0 Å². The van der Waals surface area contributed by atoms with Gasteiger partial charge in [0.05, 0.1) is 12.5 Å². The van der Waals surface area contributed by atoms with Gasteiger partial charge in [0.1, 0.15) is 4.60 Å². The number of pyridine rings is 1. The van der Waals surface area contributed by atoms with Crippen LogP contribution in [0.2, 0.25) is 0 Å². The summed E-state index contributed by atoms with van der Waals surface area (Å²) >= 11 is 3.27. The number of esters is 1. The topological polar surface area (TPSA) is 65.2 Å². The minimum absolute atomic E-state index is 0. The lowest BCUT2D eigenvalue weighted by Gasteiger charge is -2.28. The molecule has 0 aliphatic rings. The van der Waals surface area contributed by atoms with Gasteiger partial charge in [0.15, 0.2) is 0 Å². The van der Waals surface area contributed by atoms with Crippen molar-refractivity contribution in [3.63, 3.8) is 0 Å². The Morgan fingerprint density at radius 3 is 2.65 bits per heavy atom. The Morgan fingerprint density at radius 2 is 2.18 bits per heavy atom. The highest BCUT2D eigenvalue weighted by Crippen LogP contribution is 2.32. The van der Waals surface area contributed by atoms with Gasteiger partial charge in [-0.3, -0.25) is 4.79 Å². The molecule has 0 saturated heterocycles. The predicted molar refractivity (Wildman–Crippen MR) is 71.9 cm³/mol. The average molecular weight is 324 g/mol. The van der Waals surface area contributed by atoms with Gasteiger partial charge in [0.25, 0.3) is 0 Å². The molecule has 0 saturated carbocycles.